The Morgan fingerprint density at radius 1 is 1.28 bits per heavy atom. The molecule has 3 nitrogen and oxygen atoms in total. The molecule has 0 spiro atoms. The topological polar surface area (TPSA) is 42.9 Å². The van der Waals surface area contributed by atoms with Gasteiger partial charge in [-0.15, -0.1) is 0 Å². The molecule has 0 fully saturated rings. The normalized spacial score (nSPS) is 10.4. The number of hydrogen-bond donors (Lipinski definition) is 0. The van der Waals surface area contributed by atoms with Crippen LogP contribution in [0.25, 0.3) is 11.3 Å². The maximum absolute atomic E-state index is 11.1. The van der Waals surface area contributed by atoms with E-state index in [1.807, 2.05) is 37.3 Å². The van der Waals surface area contributed by atoms with Crippen molar-refractivity contribution in [2.45, 2.75) is 20.3 Å². The molecule has 0 radical (unpaired) electrons. The van der Waals surface area contributed by atoms with Crippen molar-refractivity contribution >= 4 is 21.7 Å². The van der Waals surface area contributed by atoms with E-state index < -0.39 is 0 Å². The van der Waals surface area contributed by atoms with Gasteiger partial charge in [0.05, 0.1) is 12.1 Å². The minimum absolute atomic E-state index is 0.0682. The predicted octanol–water partition coefficient (Wildman–Crippen LogP) is 3.35. The molecule has 0 unspecified atom stereocenters. The molecule has 0 aliphatic heterocycles. The molecule has 18 heavy (non-hydrogen) atoms. The van der Waals surface area contributed by atoms with Gasteiger partial charge in [-0.2, -0.15) is 0 Å². The molecule has 1 heterocycles. The molecule has 0 aliphatic rings. The van der Waals surface area contributed by atoms with Crippen LogP contribution in [0, 0.1) is 6.92 Å². The first-order valence-corrected chi connectivity index (χ1v) is 6.44. The number of Topliss-reactive ketones (excluding diaryl/α,β-unsaturated/α-hetero) is 1. The van der Waals surface area contributed by atoms with Gasteiger partial charge in [0.25, 0.3) is 0 Å². The van der Waals surface area contributed by atoms with Gasteiger partial charge in [-0.05, 0) is 26.0 Å². The number of aromatic nitrogens is 2. The SMILES string of the molecule is CC(=O)Cc1nc(C)cc(-c2ccccc2Br)n1. The number of hydrogen-bond acceptors (Lipinski definition) is 3. The van der Waals surface area contributed by atoms with Crippen LogP contribution in [0.1, 0.15) is 18.4 Å². The summed E-state index contributed by atoms with van der Waals surface area (Å²) in [4.78, 5) is 19.9. The van der Waals surface area contributed by atoms with Gasteiger partial charge in [0.1, 0.15) is 11.6 Å². The smallest absolute Gasteiger partial charge is 0.137 e. The maximum Gasteiger partial charge on any atom is 0.137 e. The van der Waals surface area contributed by atoms with Crippen molar-refractivity contribution in [1.82, 2.24) is 9.97 Å². The zero-order chi connectivity index (χ0) is 13.1. The average Bonchev–Trinajstić information content (AvgIpc) is 2.27. The molecule has 92 valence electrons. The summed E-state index contributed by atoms with van der Waals surface area (Å²) in [6.45, 7) is 3.45. The quantitative estimate of drug-likeness (QED) is 0.873. The lowest BCUT2D eigenvalue weighted by atomic mass is 10.1. The Morgan fingerprint density at radius 2 is 2.00 bits per heavy atom. The second-order valence-electron chi connectivity index (χ2n) is 4.17. The van der Waals surface area contributed by atoms with Crippen molar-refractivity contribution in [2.24, 2.45) is 0 Å². The third kappa shape index (κ3) is 3.01. The molecule has 0 aliphatic carbocycles. The van der Waals surface area contributed by atoms with Gasteiger partial charge in [-0.25, -0.2) is 9.97 Å². The number of rotatable bonds is 3. The molecule has 0 atom stereocenters. The van der Waals surface area contributed by atoms with Crippen LogP contribution in [-0.4, -0.2) is 15.8 Å². The number of carbonyl (C=O) groups excluding carboxylic acids is 1. The Balaban J connectivity index is 2.48. The van der Waals surface area contributed by atoms with E-state index in [-0.39, 0.29) is 12.2 Å². The van der Waals surface area contributed by atoms with Gasteiger partial charge in [-0.3, -0.25) is 4.79 Å². The largest absolute Gasteiger partial charge is 0.300 e. The van der Waals surface area contributed by atoms with E-state index in [0.717, 1.165) is 21.4 Å². The molecule has 2 rings (SSSR count). The van der Waals surface area contributed by atoms with E-state index >= 15 is 0 Å². The molecule has 4 heteroatoms. The summed E-state index contributed by atoms with van der Waals surface area (Å²) in [5.74, 6) is 0.645. The van der Waals surface area contributed by atoms with E-state index in [1.54, 1.807) is 6.92 Å². The second kappa shape index (κ2) is 5.40. The van der Waals surface area contributed by atoms with Gasteiger partial charge >= 0.3 is 0 Å². The lowest BCUT2D eigenvalue weighted by Crippen LogP contribution is -2.04. The van der Waals surface area contributed by atoms with E-state index in [4.69, 9.17) is 0 Å². The summed E-state index contributed by atoms with van der Waals surface area (Å²) in [6, 6.07) is 9.80. The average molecular weight is 305 g/mol. The van der Waals surface area contributed by atoms with Gasteiger partial charge in [0.2, 0.25) is 0 Å². The summed E-state index contributed by atoms with van der Waals surface area (Å²) >= 11 is 3.51. The van der Waals surface area contributed by atoms with E-state index in [1.165, 1.54) is 0 Å². The highest BCUT2D eigenvalue weighted by molar-refractivity contribution is 9.10. The standard InChI is InChI=1S/C14H13BrN2O/c1-9-7-13(11-5-3-4-6-12(11)15)17-14(16-9)8-10(2)18/h3-7H,8H2,1-2H3. The van der Waals surface area contributed by atoms with Crippen LogP contribution in [0.5, 0.6) is 0 Å². The van der Waals surface area contributed by atoms with Gasteiger partial charge in [-0.1, -0.05) is 34.1 Å². The molecule has 0 saturated carbocycles. The number of benzene rings is 1. The Labute approximate surface area is 114 Å². The zero-order valence-corrected chi connectivity index (χ0v) is 11.9. The molecular formula is C14H13BrN2O. The van der Waals surface area contributed by atoms with Crippen molar-refractivity contribution in [3.8, 4) is 11.3 Å². The minimum Gasteiger partial charge on any atom is -0.300 e. The fraction of sp³-hybridized carbons (Fsp3) is 0.214. The number of ketones is 1. The molecule has 1 aromatic heterocycles. The number of aryl methyl sites for hydroxylation is 1. The van der Waals surface area contributed by atoms with Crippen LogP contribution >= 0.6 is 15.9 Å². The Kier molecular flexibility index (Phi) is 3.87. The number of nitrogens with zero attached hydrogens (tertiary/aromatic N) is 2. The van der Waals surface area contributed by atoms with E-state index in [0.29, 0.717) is 5.82 Å². The van der Waals surface area contributed by atoms with Crippen LogP contribution in [0.4, 0.5) is 0 Å². The first-order chi connectivity index (χ1) is 8.56. The lowest BCUT2D eigenvalue weighted by molar-refractivity contribution is -0.116. The highest BCUT2D eigenvalue weighted by atomic mass is 79.9. The molecule has 1 aromatic carbocycles. The Hall–Kier alpha value is -1.55. The summed E-state index contributed by atoms with van der Waals surface area (Å²) in [5, 5.41) is 0. The summed E-state index contributed by atoms with van der Waals surface area (Å²) in [5.41, 5.74) is 2.71. The lowest BCUT2D eigenvalue weighted by Gasteiger charge is -2.06. The minimum atomic E-state index is 0.0682. The second-order valence-corrected chi connectivity index (χ2v) is 5.02. The Bertz CT molecular complexity index is 596. The van der Waals surface area contributed by atoms with Crippen molar-refractivity contribution in [3.05, 3.63) is 46.3 Å². The monoisotopic (exact) mass is 304 g/mol. The van der Waals surface area contributed by atoms with Gasteiger partial charge in [0.15, 0.2) is 0 Å². The summed E-state index contributed by atoms with van der Waals surface area (Å²) in [7, 11) is 0. The number of carbonyl (C=O) groups is 1. The molecule has 0 N–H and O–H groups in total. The highest BCUT2D eigenvalue weighted by Crippen LogP contribution is 2.26. The van der Waals surface area contributed by atoms with Crippen LogP contribution in [-0.2, 0) is 11.2 Å². The highest BCUT2D eigenvalue weighted by Gasteiger charge is 2.08. The first kappa shape index (κ1) is 12.9. The van der Waals surface area contributed by atoms with Gasteiger partial charge in [0, 0.05) is 15.7 Å². The molecule has 0 bridgehead atoms. The fourth-order valence-corrected chi connectivity index (χ4v) is 2.23. The first-order valence-electron chi connectivity index (χ1n) is 5.65. The van der Waals surface area contributed by atoms with Crippen molar-refractivity contribution in [1.29, 1.82) is 0 Å². The maximum atomic E-state index is 11.1. The van der Waals surface area contributed by atoms with Crippen LogP contribution in [0.15, 0.2) is 34.8 Å². The molecular weight excluding hydrogens is 292 g/mol. The number of halogens is 1. The third-order valence-corrected chi connectivity index (χ3v) is 3.15. The summed E-state index contributed by atoms with van der Waals surface area (Å²) < 4.78 is 0.983. The summed E-state index contributed by atoms with van der Waals surface area (Å²) in [6.07, 6.45) is 0.277. The fourth-order valence-electron chi connectivity index (χ4n) is 1.74. The van der Waals surface area contributed by atoms with Crippen molar-refractivity contribution in [3.63, 3.8) is 0 Å². The predicted molar refractivity (Wildman–Crippen MR) is 74.3 cm³/mol. The molecule has 0 amide bonds. The third-order valence-electron chi connectivity index (χ3n) is 2.46. The molecule has 2 aromatic rings. The molecule has 0 saturated heterocycles. The van der Waals surface area contributed by atoms with Gasteiger partial charge < -0.3 is 0 Å². The zero-order valence-electron chi connectivity index (χ0n) is 10.3. The van der Waals surface area contributed by atoms with E-state index in [9.17, 15) is 4.79 Å². The Morgan fingerprint density at radius 3 is 2.67 bits per heavy atom. The van der Waals surface area contributed by atoms with Crippen LogP contribution < -0.4 is 0 Å². The van der Waals surface area contributed by atoms with E-state index in [2.05, 4.69) is 25.9 Å². The van der Waals surface area contributed by atoms with Crippen LogP contribution in [0.3, 0.4) is 0 Å². The van der Waals surface area contributed by atoms with Crippen molar-refractivity contribution < 1.29 is 4.79 Å². The van der Waals surface area contributed by atoms with Crippen molar-refractivity contribution in [2.75, 3.05) is 0 Å². The van der Waals surface area contributed by atoms with Crippen LogP contribution in [0.2, 0.25) is 0 Å².